The zero-order valence-electron chi connectivity index (χ0n) is 16.2. The molecule has 0 saturated carbocycles. The van der Waals surface area contributed by atoms with Gasteiger partial charge in [-0.3, -0.25) is 9.97 Å². The quantitative estimate of drug-likeness (QED) is 0.418. The van der Waals surface area contributed by atoms with Crippen LogP contribution in [0.5, 0.6) is 0 Å². The van der Waals surface area contributed by atoms with Crippen molar-refractivity contribution in [2.45, 2.75) is 59.3 Å². The number of hydrogen-bond donors (Lipinski definition) is 0. The van der Waals surface area contributed by atoms with Crippen LogP contribution in [0.25, 0.3) is 11.4 Å². The SMILES string of the molecule is CC(C)(C)c1ccnc(-c2cc(C(C)(C)C)ccn2)c1.[CH2-]C.[Cl][Zn+]. The van der Waals surface area contributed by atoms with Gasteiger partial charge in [0.2, 0.25) is 0 Å². The van der Waals surface area contributed by atoms with E-state index >= 15 is 0 Å². The van der Waals surface area contributed by atoms with Gasteiger partial charge in [0.1, 0.15) is 0 Å². The first-order valence-corrected chi connectivity index (χ1v) is 12.0. The molecule has 2 heterocycles. The Labute approximate surface area is 162 Å². The van der Waals surface area contributed by atoms with Gasteiger partial charge in [-0.1, -0.05) is 41.5 Å². The fourth-order valence-electron chi connectivity index (χ4n) is 2.07. The molecule has 0 aliphatic rings. The van der Waals surface area contributed by atoms with Crippen LogP contribution in [0.2, 0.25) is 0 Å². The topological polar surface area (TPSA) is 25.8 Å². The van der Waals surface area contributed by atoms with Crippen molar-refractivity contribution in [3.8, 4) is 11.4 Å². The Morgan fingerprint density at radius 1 is 0.750 bits per heavy atom. The predicted molar refractivity (Wildman–Crippen MR) is 102 cm³/mol. The van der Waals surface area contributed by atoms with E-state index in [1.807, 2.05) is 12.4 Å². The van der Waals surface area contributed by atoms with Crippen molar-refractivity contribution in [1.29, 1.82) is 0 Å². The maximum atomic E-state index is 4.76. The molecule has 4 heteroatoms. The van der Waals surface area contributed by atoms with Crippen molar-refractivity contribution in [2.75, 3.05) is 0 Å². The van der Waals surface area contributed by atoms with Crippen molar-refractivity contribution in [3.63, 3.8) is 0 Å². The van der Waals surface area contributed by atoms with Gasteiger partial charge >= 0.3 is 27.0 Å². The molecule has 128 valence electrons. The number of rotatable bonds is 1. The van der Waals surface area contributed by atoms with E-state index in [2.05, 4.69) is 82.7 Å². The molecule has 0 bridgehead atoms. The van der Waals surface area contributed by atoms with E-state index in [-0.39, 0.29) is 10.8 Å². The second-order valence-corrected chi connectivity index (χ2v) is 7.36. The molecule has 2 aromatic rings. The van der Waals surface area contributed by atoms with Crippen LogP contribution in [0.1, 0.15) is 59.6 Å². The van der Waals surface area contributed by atoms with Crippen molar-refractivity contribution in [1.82, 2.24) is 9.97 Å². The third-order valence-electron chi connectivity index (χ3n) is 3.51. The normalized spacial score (nSPS) is 11.0. The average molecular weight is 398 g/mol. The molecular weight excluding hydrogens is 369 g/mol. The van der Waals surface area contributed by atoms with Gasteiger partial charge in [-0.2, -0.15) is 6.92 Å². The summed E-state index contributed by atoms with van der Waals surface area (Å²) < 4.78 is 0. The maximum absolute atomic E-state index is 4.76. The van der Waals surface area contributed by atoms with Gasteiger partial charge in [0, 0.05) is 12.4 Å². The first-order valence-electron chi connectivity index (χ1n) is 8.09. The van der Waals surface area contributed by atoms with Crippen LogP contribution in [-0.4, -0.2) is 9.97 Å². The summed E-state index contributed by atoms with van der Waals surface area (Å²) in [5.41, 5.74) is 4.71. The van der Waals surface area contributed by atoms with E-state index in [1.54, 1.807) is 6.92 Å². The zero-order valence-corrected chi connectivity index (χ0v) is 19.9. The van der Waals surface area contributed by atoms with Crippen molar-refractivity contribution in [2.24, 2.45) is 0 Å². The number of halogens is 1. The Bertz CT molecular complexity index is 558. The molecular formula is C20H29ClN2Zn. The van der Waals surface area contributed by atoms with Gasteiger partial charge in [0.15, 0.2) is 0 Å². The summed E-state index contributed by atoms with van der Waals surface area (Å²) in [5.74, 6) is 0. The molecule has 2 nitrogen and oxygen atoms in total. The molecule has 0 unspecified atom stereocenters. The Morgan fingerprint density at radius 2 is 1.04 bits per heavy atom. The van der Waals surface area contributed by atoms with Crippen molar-refractivity contribution < 1.29 is 17.3 Å². The summed E-state index contributed by atoms with van der Waals surface area (Å²) in [6.45, 7) is 18.3. The van der Waals surface area contributed by atoms with E-state index in [1.165, 1.54) is 11.1 Å². The van der Waals surface area contributed by atoms with Gasteiger partial charge in [-0.25, -0.2) is 0 Å². The second-order valence-electron chi connectivity index (χ2n) is 7.36. The Morgan fingerprint density at radius 3 is 1.29 bits per heavy atom. The molecule has 0 amide bonds. The summed E-state index contributed by atoms with van der Waals surface area (Å²) in [4.78, 5) is 8.97. The van der Waals surface area contributed by atoms with Crippen molar-refractivity contribution in [3.05, 3.63) is 54.7 Å². The fourth-order valence-corrected chi connectivity index (χ4v) is 2.07. The summed E-state index contributed by atoms with van der Waals surface area (Å²) in [6.07, 6.45) is 3.75. The minimum absolute atomic E-state index is 0.124. The third kappa shape index (κ3) is 6.99. The molecule has 2 rings (SSSR count). The van der Waals surface area contributed by atoms with Crippen LogP contribution in [0.15, 0.2) is 36.7 Å². The number of hydrogen-bond acceptors (Lipinski definition) is 2. The van der Waals surface area contributed by atoms with E-state index in [0.29, 0.717) is 0 Å². The van der Waals surface area contributed by atoms with Gasteiger partial charge < -0.3 is 6.92 Å². The summed E-state index contributed by atoms with van der Waals surface area (Å²) in [5, 5.41) is 0. The molecule has 2 aromatic heterocycles. The first kappa shape index (κ1) is 23.2. The van der Waals surface area contributed by atoms with Gasteiger partial charge in [-0.15, -0.1) is 0 Å². The van der Waals surface area contributed by atoms with Crippen LogP contribution < -0.4 is 0 Å². The molecule has 0 fully saturated rings. The minimum atomic E-state index is 0.124. The van der Waals surface area contributed by atoms with Crippen LogP contribution in [0.4, 0.5) is 0 Å². The van der Waals surface area contributed by atoms with E-state index in [9.17, 15) is 0 Å². The molecule has 0 aliphatic carbocycles. The number of aromatic nitrogens is 2. The predicted octanol–water partition coefficient (Wildman–Crippen LogP) is 6.27. The van der Waals surface area contributed by atoms with Crippen LogP contribution in [0, 0.1) is 6.92 Å². The van der Waals surface area contributed by atoms with Gasteiger partial charge in [0.25, 0.3) is 0 Å². The summed E-state index contributed by atoms with van der Waals surface area (Å²) in [7, 11) is 4.76. The molecule has 0 aromatic carbocycles. The van der Waals surface area contributed by atoms with Crippen molar-refractivity contribution >= 4 is 9.69 Å². The molecule has 0 aliphatic heterocycles. The Kier molecular flexibility index (Phi) is 9.92. The molecule has 0 atom stereocenters. The first-order chi connectivity index (χ1) is 11.2. The third-order valence-corrected chi connectivity index (χ3v) is 3.51. The fraction of sp³-hybridized carbons (Fsp3) is 0.450. The standard InChI is InChI=1S/C18H24N2.C2H5.ClH.Zn/c1-17(2,3)13-7-9-19-15(11-13)16-12-14(8-10-20-16)18(4,5)6;1-2;;/h7-12H,1-6H3;1H2,2H3;1H;/q;-1;;+2/p-1. The summed E-state index contributed by atoms with van der Waals surface area (Å²) >= 11 is 0.847. The van der Waals surface area contributed by atoms with E-state index in [4.69, 9.17) is 9.69 Å². The second kappa shape index (κ2) is 10.3. The van der Waals surface area contributed by atoms with E-state index < -0.39 is 0 Å². The molecule has 24 heavy (non-hydrogen) atoms. The zero-order chi connectivity index (χ0) is 19.0. The molecule has 0 saturated heterocycles. The van der Waals surface area contributed by atoms with E-state index in [0.717, 1.165) is 28.7 Å². The van der Waals surface area contributed by atoms with Gasteiger partial charge in [0.05, 0.1) is 11.4 Å². The molecule has 0 spiro atoms. The number of pyridine rings is 2. The molecule has 0 N–H and O–H groups in total. The monoisotopic (exact) mass is 396 g/mol. The van der Waals surface area contributed by atoms with Crippen LogP contribution >= 0.6 is 9.69 Å². The summed E-state index contributed by atoms with van der Waals surface area (Å²) in [6, 6.07) is 8.46. The van der Waals surface area contributed by atoms with Gasteiger partial charge in [-0.05, 0) is 46.2 Å². The number of nitrogens with zero attached hydrogens (tertiary/aromatic N) is 2. The molecule has 0 radical (unpaired) electrons. The van der Waals surface area contributed by atoms with Crippen LogP contribution in [0.3, 0.4) is 0 Å². The van der Waals surface area contributed by atoms with Crippen LogP contribution in [-0.2, 0) is 28.1 Å². The Hall–Kier alpha value is -0.787. The Balaban J connectivity index is 0.00000123. The average Bonchev–Trinajstić information content (AvgIpc) is 2.57.